The summed E-state index contributed by atoms with van der Waals surface area (Å²) in [7, 11) is 0. The molecule has 0 fully saturated rings. The number of nitrogens with one attached hydrogen (secondary N) is 2. The normalized spacial score (nSPS) is 14.7. The van der Waals surface area contributed by atoms with Crippen LogP contribution in [0.3, 0.4) is 0 Å². The Labute approximate surface area is 94.0 Å². The number of carbonyl (C=O) groups is 1. The number of hydrogen-bond donors (Lipinski definition) is 4. The lowest BCUT2D eigenvalue weighted by molar-refractivity contribution is -0.144. The molecule has 0 spiro atoms. The van der Waals surface area contributed by atoms with Crippen molar-refractivity contribution >= 4 is 11.8 Å². The number of alkyl halides is 1. The van der Waals surface area contributed by atoms with Crippen LogP contribution in [0.4, 0.5) is 4.39 Å². The molecule has 0 aliphatic carbocycles. The Bertz CT molecular complexity index is 281. The molecule has 0 bridgehead atoms. The SMILES string of the molecule is CC(=N)NC/C=C\CC[C@@](N)(CF)C(=O)O. The minimum absolute atomic E-state index is 0.0545. The van der Waals surface area contributed by atoms with Gasteiger partial charge in [-0.2, -0.15) is 0 Å². The highest BCUT2D eigenvalue weighted by Crippen LogP contribution is 2.11. The average Bonchev–Trinajstić information content (AvgIpc) is 2.22. The topological polar surface area (TPSA) is 99.2 Å². The maximum atomic E-state index is 12.4. The van der Waals surface area contributed by atoms with E-state index in [1.165, 1.54) is 0 Å². The molecule has 0 aliphatic rings. The molecule has 0 radical (unpaired) electrons. The molecule has 0 saturated carbocycles. The molecule has 6 heteroatoms. The van der Waals surface area contributed by atoms with E-state index in [-0.39, 0.29) is 6.42 Å². The number of hydrogen-bond acceptors (Lipinski definition) is 3. The maximum Gasteiger partial charge on any atom is 0.326 e. The third kappa shape index (κ3) is 5.45. The van der Waals surface area contributed by atoms with Crippen molar-refractivity contribution in [2.75, 3.05) is 13.2 Å². The van der Waals surface area contributed by atoms with Crippen LogP contribution in [0, 0.1) is 5.41 Å². The number of aliphatic carboxylic acids is 1. The van der Waals surface area contributed by atoms with E-state index in [4.69, 9.17) is 16.2 Å². The Hall–Kier alpha value is -1.43. The second-order valence-corrected chi connectivity index (χ2v) is 3.61. The third-order valence-corrected chi connectivity index (χ3v) is 2.07. The molecule has 92 valence electrons. The van der Waals surface area contributed by atoms with Crippen molar-refractivity contribution in [3.05, 3.63) is 12.2 Å². The maximum absolute atomic E-state index is 12.4. The van der Waals surface area contributed by atoms with Crippen LogP contribution < -0.4 is 11.1 Å². The summed E-state index contributed by atoms with van der Waals surface area (Å²) in [5, 5.41) is 18.5. The summed E-state index contributed by atoms with van der Waals surface area (Å²) >= 11 is 0. The number of rotatable bonds is 7. The number of carboxylic acid groups (broad SMARTS) is 1. The third-order valence-electron chi connectivity index (χ3n) is 2.07. The van der Waals surface area contributed by atoms with Crippen LogP contribution in [-0.2, 0) is 4.79 Å². The van der Waals surface area contributed by atoms with Gasteiger partial charge in [-0.25, -0.2) is 4.39 Å². The predicted octanol–water partition coefficient (Wildman–Crippen LogP) is 0.661. The van der Waals surface area contributed by atoms with E-state index in [9.17, 15) is 9.18 Å². The Morgan fingerprint density at radius 3 is 2.69 bits per heavy atom. The van der Waals surface area contributed by atoms with Gasteiger partial charge >= 0.3 is 5.97 Å². The first-order valence-electron chi connectivity index (χ1n) is 4.94. The van der Waals surface area contributed by atoms with Crippen molar-refractivity contribution < 1.29 is 14.3 Å². The highest BCUT2D eigenvalue weighted by Gasteiger charge is 2.32. The molecule has 1 atom stereocenters. The van der Waals surface area contributed by atoms with Crippen LogP contribution in [0.2, 0.25) is 0 Å². The minimum Gasteiger partial charge on any atom is -0.480 e. The van der Waals surface area contributed by atoms with Gasteiger partial charge in [-0.05, 0) is 19.8 Å². The van der Waals surface area contributed by atoms with Gasteiger partial charge in [-0.3, -0.25) is 10.2 Å². The first kappa shape index (κ1) is 14.6. The zero-order valence-electron chi connectivity index (χ0n) is 9.29. The fraction of sp³-hybridized carbons (Fsp3) is 0.600. The van der Waals surface area contributed by atoms with E-state index >= 15 is 0 Å². The zero-order chi connectivity index (χ0) is 12.6. The van der Waals surface area contributed by atoms with Crippen LogP contribution in [0.15, 0.2) is 12.2 Å². The summed E-state index contributed by atoms with van der Waals surface area (Å²) in [6.07, 6.45) is 3.92. The van der Waals surface area contributed by atoms with Crippen LogP contribution in [0.25, 0.3) is 0 Å². The Kier molecular flexibility index (Phi) is 6.32. The van der Waals surface area contributed by atoms with Gasteiger partial charge < -0.3 is 16.2 Å². The Morgan fingerprint density at radius 1 is 1.62 bits per heavy atom. The van der Waals surface area contributed by atoms with E-state index in [1.807, 2.05) is 0 Å². The molecule has 0 aromatic heterocycles. The monoisotopic (exact) mass is 231 g/mol. The van der Waals surface area contributed by atoms with Gasteiger partial charge in [0.2, 0.25) is 0 Å². The first-order chi connectivity index (χ1) is 7.42. The number of nitrogens with two attached hydrogens (primary N) is 1. The Morgan fingerprint density at radius 2 is 2.25 bits per heavy atom. The van der Waals surface area contributed by atoms with Gasteiger partial charge in [0.15, 0.2) is 0 Å². The summed E-state index contributed by atoms with van der Waals surface area (Å²) in [5.74, 6) is -0.969. The zero-order valence-corrected chi connectivity index (χ0v) is 9.29. The molecule has 0 unspecified atom stereocenters. The van der Waals surface area contributed by atoms with Crippen LogP contribution in [0.5, 0.6) is 0 Å². The second-order valence-electron chi connectivity index (χ2n) is 3.61. The van der Waals surface area contributed by atoms with Crippen LogP contribution in [0.1, 0.15) is 19.8 Å². The fourth-order valence-electron chi connectivity index (χ4n) is 0.985. The van der Waals surface area contributed by atoms with E-state index in [0.29, 0.717) is 18.8 Å². The highest BCUT2D eigenvalue weighted by atomic mass is 19.1. The van der Waals surface area contributed by atoms with Crippen molar-refractivity contribution in [1.29, 1.82) is 5.41 Å². The molecular weight excluding hydrogens is 213 g/mol. The van der Waals surface area contributed by atoms with E-state index < -0.39 is 18.2 Å². The lowest BCUT2D eigenvalue weighted by atomic mass is 9.96. The molecule has 5 N–H and O–H groups in total. The molecule has 5 nitrogen and oxygen atoms in total. The molecule has 0 saturated heterocycles. The van der Waals surface area contributed by atoms with E-state index in [0.717, 1.165) is 0 Å². The Balaban J connectivity index is 3.87. The average molecular weight is 231 g/mol. The summed E-state index contributed by atoms with van der Waals surface area (Å²) in [5.41, 5.74) is 3.56. The highest BCUT2D eigenvalue weighted by molar-refractivity contribution is 5.78. The number of allylic oxidation sites excluding steroid dienone is 1. The van der Waals surface area contributed by atoms with Crippen molar-refractivity contribution in [1.82, 2.24) is 5.32 Å². The molecule has 0 amide bonds. The van der Waals surface area contributed by atoms with E-state index in [1.54, 1.807) is 19.1 Å². The van der Waals surface area contributed by atoms with Crippen LogP contribution in [-0.4, -0.2) is 35.7 Å². The molecular formula is C10H18FN3O2. The van der Waals surface area contributed by atoms with Gasteiger partial charge in [0.1, 0.15) is 12.2 Å². The summed E-state index contributed by atoms with van der Waals surface area (Å²) in [6.45, 7) is 1.04. The first-order valence-corrected chi connectivity index (χ1v) is 4.94. The molecule has 0 aromatic rings. The summed E-state index contributed by atoms with van der Waals surface area (Å²) in [6, 6.07) is 0. The lowest BCUT2D eigenvalue weighted by Crippen LogP contribution is -2.49. The number of carboxylic acids is 1. The molecule has 0 aromatic carbocycles. The van der Waals surface area contributed by atoms with Gasteiger partial charge in [-0.15, -0.1) is 0 Å². The second kappa shape index (κ2) is 6.95. The summed E-state index contributed by atoms with van der Waals surface area (Å²) < 4.78 is 12.4. The molecule has 16 heavy (non-hydrogen) atoms. The van der Waals surface area contributed by atoms with Gasteiger partial charge in [0.05, 0.1) is 5.84 Å². The molecule has 0 aliphatic heterocycles. The van der Waals surface area contributed by atoms with Gasteiger partial charge in [-0.1, -0.05) is 12.2 Å². The fourth-order valence-corrected chi connectivity index (χ4v) is 0.985. The smallest absolute Gasteiger partial charge is 0.326 e. The molecule has 0 rings (SSSR count). The van der Waals surface area contributed by atoms with Crippen molar-refractivity contribution in [2.24, 2.45) is 5.73 Å². The van der Waals surface area contributed by atoms with Crippen molar-refractivity contribution in [3.8, 4) is 0 Å². The van der Waals surface area contributed by atoms with E-state index in [2.05, 4.69) is 5.32 Å². The van der Waals surface area contributed by atoms with Gasteiger partial charge in [0, 0.05) is 6.54 Å². The number of halogens is 1. The predicted molar refractivity (Wildman–Crippen MR) is 60.3 cm³/mol. The largest absolute Gasteiger partial charge is 0.480 e. The van der Waals surface area contributed by atoms with Crippen LogP contribution >= 0.6 is 0 Å². The van der Waals surface area contributed by atoms with Crippen molar-refractivity contribution in [2.45, 2.75) is 25.3 Å². The standard InChI is InChI=1S/C10H18FN3O2/c1-8(12)14-6-4-2-3-5-10(13,7-11)9(15)16/h2,4H,3,5-7,13H2,1H3,(H2,12,14)(H,15,16)/b4-2-/t10-/m1/s1. The lowest BCUT2D eigenvalue weighted by Gasteiger charge is -2.19. The molecule has 0 heterocycles. The number of amidine groups is 1. The van der Waals surface area contributed by atoms with Gasteiger partial charge in [0.25, 0.3) is 0 Å². The minimum atomic E-state index is -1.78. The quantitative estimate of drug-likeness (QED) is 0.294. The van der Waals surface area contributed by atoms with Crippen molar-refractivity contribution in [3.63, 3.8) is 0 Å². The summed E-state index contributed by atoms with van der Waals surface area (Å²) in [4.78, 5) is 10.6.